The van der Waals surface area contributed by atoms with Crippen molar-refractivity contribution in [1.82, 2.24) is 4.90 Å². The summed E-state index contributed by atoms with van der Waals surface area (Å²) in [5, 5.41) is 3.37. The van der Waals surface area contributed by atoms with Crippen LogP contribution in [0.15, 0.2) is 71.1 Å². The molecule has 2 aromatic rings. The fourth-order valence-electron chi connectivity index (χ4n) is 5.57. The molecule has 0 aromatic heterocycles. The summed E-state index contributed by atoms with van der Waals surface area (Å²) in [5.41, 5.74) is 5.30. The number of anilines is 1. The van der Waals surface area contributed by atoms with Crippen LogP contribution in [0.4, 0.5) is 5.69 Å². The van der Waals surface area contributed by atoms with Crippen molar-refractivity contribution in [2.75, 3.05) is 18.5 Å². The third-order valence-corrected chi connectivity index (χ3v) is 7.37. The van der Waals surface area contributed by atoms with Crippen molar-refractivity contribution in [3.05, 3.63) is 81.7 Å². The van der Waals surface area contributed by atoms with Gasteiger partial charge in [0.25, 0.3) is 5.91 Å². The summed E-state index contributed by atoms with van der Waals surface area (Å²) in [5.74, 6) is 0.219. The molecule has 3 aliphatic rings. The summed E-state index contributed by atoms with van der Waals surface area (Å²) >= 11 is 5.88. The summed E-state index contributed by atoms with van der Waals surface area (Å²) in [6, 6.07) is 14.3. The van der Waals surface area contributed by atoms with Gasteiger partial charge in [-0.05, 0) is 74.6 Å². The van der Waals surface area contributed by atoms with Crippen LogP contribution in [0.25, 0.3) is 0 Å². The number of ketones is 2. The van der Waals surface area contributed by atoms with E-state index in [2.05, 4.69) is 17.1 Å². The maximum Gasteiger partial charge on any atom is 0.262 e. The summed E-state index contributed by atoms with van der Waals surface area (Å²) in [6.07, 6.45) is 4.46. The third-order valence-electron chi connectivity index (χ3n) is 7.11. The minimum Gasteiger partial charge on any atom is -0.484 e. The van der Waals surface area contributed by atoms with Crippen LogP contribution in [-0.2, 0) is 14.4 Å². The lowest BCUT2D eigenvalue weighted by Gasteiger charge is -2.43. The van der Waals surface area contributed by atoms with Crippen molar-refractivity contribution in [2.24, 2.45) is 0 Å². The van der Waals surface area contributed by atoms with E-state index in [-0.39, 0.29) is 30.0 Å². The Kier molecular flexibility index (Phi) is 6.97. The first kappa shape index (κ1) is 24.3. The normalized spacial score (nSPS) is 18.2. The Labute approximate surface area is 216 Å². The number of amides is 1. The zero-order chi connectivity index (χ0) is 25.2. The average Bonchev–Trinajstić information content (AvgIpc) is 2.88. The lowest BCUT2D eigenvalue weighted by Crippen LogP contribution is -2.39. The molecule has 2 aromatic carbocycles. The van der Waals surface area contributed by atoms with Gasteiger partial charge in [0.1, 0.15) is 5.75 Å². The third kappa shape index (κ3) is 4.70. The van der Waals surface area contributed by atoms with Crippen LogP contribution in [0.5, 0.6) is 5.75 Å². The lowest BCUT2D eigenvalue weighted by molar-refractivity contribution is -0.118. The number of halogens is 1. The Bertz CT molecular complexity index is 1220. The van der Waals surface area contributed by atoms with E-state index < -0.39 is 0 Å². The van der Waals surface area contributed by atoms with Gasteiger partial charge in [0.2, 0.25) is 0 Å². The fraction of sp³-hybridized carbons (Fsp3) is 0.345. The molecular weight excluding hydrogens is 476 g/mol. The second-order valence-electron chi connectivity index (χ2n) is 9.36. The first-order chi connectivity index (χ1) is 17.5. The van der Waals surface area contributed by atoms with Crippen molar-refractivity contribution in [3.8, 4) is 5.75 Å². The lowest BCUT2D eigenvalue weighted by atomic mass is 9.71. The van der Waals surface area contributed by atoms with Gasteiger partial charge < -0.3 is 15.0 Å². The van der Waals surface area contributed by atoms with E-state index in [1.165, 1.54) is 0 Å². The van der Waals surface area contributed by atoms with Crippen molar-refractivity contribution in [3.63, 3.8) is 0 Å². The minimum absolute atomic E-state index is 0.140. The number of allylic oxidation sites excluding steroid dienone is 4. The summed E-state index contributed by atoms with van der Waals surface area (Å²) in [7, 11) is 0. The molecule has 0 fully saturated rings. The molecule has 0 bridgehead atoms. The molecule has 0 unspecified atom stereocenters. The van der Waals surface area contributed by atoms with Crippen LogP contribution < -0.4 is 10.1 Å². The van der Waals surface area contributed by atoms with Crippen molar-refractivity contribution < 1.29 is 19.1 Å². The second kappa shape index (κ2) is 10.3. The molecule has 0 spiro atoms. The van der Waals surface area contributed by atoms with Gasteiger partial charge in [-0.1, -0.05) is 23.7 Å². The number of rotatable bonds is 6. The number of nitrogens with one attached hydrogen (secondary N) is 1. The van der Waals surface area contributed by atoms with Gasteiger partial charge in [-0.3, -0.25) is 14.4 Å². The number of ether oxygens (including phenoxy) is 1. The summed E-state index contributed by atoms with van der Waals surface area (Å²) in [4.78, 5) is 40.8. The number of carbonyl (C=O) groups is 3. The van der Waals surface area contributed by atoms with Gasteiger partial charge in [-0.15, -0.1) is 0 Å². The first-order valence-electron chi connectivity index (χ1n) is 12.5. The topological polar surface area (TPSA) is 75.7 Å². The van der Waals surface area contributed by atoms with E-state index in [1.807, 2.05) is 12.1 Å². The Hall–Kier alpha value is -3.38. The molecular formula is C29H29ClN2O4. The van der Waals surface area contributed by atoms with Crippen LogP contribution >= 0.6 is 11.6 Å². The van der Waals surface area contributed by atoms with Gasteiger partial charge in [0.05, 0.1) is 0 Å². The molecule has 1 N–H and O–H groups in total. The molecule has 1 aliphatic heterocycles. The largest absolute Gasteiger partial charge is 0.484 e. The van der Waals surface area contributed by atoms with Gasteiger partial charge in [-0.25, -0.2) is 0 Å². The Morgan fingerprint density at radius 1 is 0.917 bits per heavy atom. The highest BCUT2D eigenvalue weighted by atomic mass is 35.5. The summed E-state index contributed by atoms with van der Waals surface area (Å²) in [6.45, 7) is 2.71. The molecule has 2 aliphatic carbocycles. The van der Waals surface area contributed by atoms with Gasteiger partial charge in [0.15, 0.2) is 18.2 Å². The fourth-order valence-corrected chi connectivity index (χ4v) is 5.69. The standard InChI is InChI=1S/C29H29ClN2O4/c1-2-32-22-5-3-7-24(33)28(22)27(29-23(32)6-4-8-25(29)34)18-9-15-21(16-10-18)36-17-26(35)31-20-13-11-19(30)12-14-20/h9-16,27H,2-8,17H2,1H3,(H,31,35). The van der Waals surface area contributed by atoms with Gasteiger partial charge >= 0.3 is 0 Å². The first-order valence-corrected chi connectivity index (χ1v) is 12.9. The number of hydrogen-bond donors (Lipinski definition) is 1. The minimum atomic E-state index is -0.333. The molecule has 186 valence electrons. The van der Waals surface area contributed by atoms with Gasteiger partial charge in [0, 0.05) is 58.6 Å². The zero-order valence-electron chi connectivity index (χ0n) is 20.3. The molecule has 7 heteroatoms. The van der Waals surface area contributed by atoms with Crippen LogP contribution in [0, 0.1) is 0 Å². The van der Waals surface area contributed by atoms with E-state index in [4.69, 9.17) is 16.3 Å². The van der Waals surface area contributed by atoms with Crippen molar-refractivity contribution in [2.45, 2.75) is 51.4 Å². The van der Waals surface area contributed by atoms with Crippen molar-refractivity contribution in [1.29, 1.82) is 0 Å². The van der Waals surface area contributed by atoms with E-state index in [9.17, 15) is 14.4 Å². The Balaban J connectivity index is 1.37. The van der Waals surface area contributed by atoms with Crippen LogP contribution in [-0.4, -0.2) is 35.5 Å². The SMILES string of the molecule is CCN1C2=C(C(=O)CCC2)C(c2ccc(OCC(=O)Nc3ccc(Cl)cc3)cc2)C2=C1CCCC2=O. The average molecular weight is 505 g/mol. The van der Waals surface area contributed by atoms with Crippen LogP contribution in [0.1, 0.15) is 56.9 Å². The number of benzene rings is 2. The van der Waals surface area contributed by atoms with Crippen LogP contribution in [0.3, 0.4) is 0 Å². The second-order valence-corrected chi connectivity index (χ2v) is 9.80. The highest BCUT2D eigenvalue weighted by molar-refractivity contribution is 6.30. The molecule has 0 saturated carbocycles. The van der Waals surface area contributed by atoms with Crippen molar-refractivity contribution >= 4 is 34.8 Å². The molecule has 6 nitrogen and oxygen atoms in total. The Morgan fingerprint density at radius 2 is 1.50 bits per heavy atom. The predicted molar refractivity (Wildman–Crippen MR) is 139 cm³/mol. The summed E-state index contributed by atoms with van der Waals surface area (Å²) < 4.78 is 5.69. The maximum absolute atomic E-state index is 13.2. The number of carbonyl (C=O) groups excluding carboxylic acids is 3. The highest BCUT2D eigenvalue weighted by Crippen LogP contribution is 2.49. The maximum atomic E-state index is 13.2. The molecule has 36 heavy (non-hydrogen) atoms. The smallest absolute Gasteiger partial charge is 0.262 e. The van der Waals surface area contributed by atoms with E-state index in [0.717, 1.165) is 60.3 Å². The number of hydrogen-bond acceptors (Lipinski definition) is 5. The highest BCUT2D eigenvalue weighted by Gasteiger charge is 2.42. The van der Waals surface area contributed by atoms with Crippen LogP contribution in [0.2, 0.25) is 5.02 Å². The molecule has 5 rings (SSSR count). The van der Waals surface area contributed by atoms with E-state index >= 15 is 0 Å². The van der Waals surface area contributed by atoms with Gasteiger partial charge in [-0.2, -0.15) is 0 Å². The predicted octanol–water partition coefficient (Wildman–Crippen LogP) is 5.79. The Morgan fingerprint density at radius 3 is 2.06 bits per heavy atom. The number of nitrogens with zero attached hydrogens (tertiary/aromatic N) is 1. The number of Topliss-reactive ketones (excluding diaryl/α,β-unsaturated/α-hetero) is 2. The molecule has 0 radical (unpaired) electrons. The quantitative estimate of drug-likeness (QED) is 0.538. The molecule has 1 heterocycles. The monoisotopic (exact) mass is 504 g/mol. The van der Waals surface area contributed by atoms with E-state index in [1.54, 1.807) is 36.4 Å². The molecule has 1 amide bonds. The zero-order valence-corrected chi connectivity index (χ0v) is 21.1. The molecule has 0 atom stereocenters. The molecule has 0 saturated heterocycles. The van der Waals surface area contributed by atoms with E-state index in [0.29, 0.717) is 29.3 Å².